The van der Waals surface area contributed by atoms with Gasteiger partial charge < -0.3 is 5.32 Å². The summed E-state index contributed by atoms with van der Waals surface area (Å²) < 4.78 is -0.487. The topological polar surface area (TPSA) is 29.1 Å². The normalized spacial score (nSPS) is 11.2. The molecule has 1 N–H and O–H groups in total. The summed E-state index contributed by atoms with van der Waals surface area (Å²) >= 11 is 3.33. The molecule has 0 fully saturated rings. The van der Waals surface area contributed by atoms with E-state index in [0.29, 0.717) is 6.54 Å². The van der Waals surface area contributed by atoms with Crippen molar-refractivity contribution >= 4 is 21.8 Å². The fourth-order valence-corrected chi connectivity index (χ4v) is 1.54. The molecular weight excluding hydrogens is 266 g/mol. The number of alkyl halides is 1. The van der Waals surface area contributed by atoms with Crippen molar-refractivity contribution in [3.8, 4) is 0 Å². The molecule has 0 aromatic heterocycles. The summed E-state index contributed by atoms with van der Waals surface area (Å²) in [5.41, 5.74) is 2.51. The van der Waals surface area contributed by atoms with Crippen molar-refractivity contribution in [3.05, 3.63) is 35.4 Å². The molecule has 0 heterocycles. The van der Waals surface area contributed by atoms with E-state index in [2.05, 4.69) is 46.4 Å². The van der Waals surface area contributed by atoms with E-state index in [0.717, 1.165) is 6.42 Å². The molecule has 1 aromatic carbocycles. The quantitative estimate of drug-likeness (QED) is 0.846. The number of aryl methyl sites for hydroxylation is 1. The van der Waals surface area contributed by atoms with Crippen molar-refractivity contribution in [2.24, 2.45) is 0 Å². The number of rotatable bonds is 4. The highest BCUT2D eigenvalue weighted by Crippen LogP contribution is 2.15. The van der Waals surface area contributed by atoms with Gasteiger partial charge in [0.05, 0.1) is 4.32 Å². The summed E-state index contributed by atoms with van der Waals surface area (Å²) in [4.78, 5) is 11.6. The van der Waals surface area contributed by atoms with Crippen LogP contribution in [0.15, 0.2) is 24.3 Å². The van der Waals surface area contributed by atoms with E-state index in [1.807, 2.05) is 19.9 Å². The van der Waals surface area contributed by atoms with E-state index >= 15 is 0 Å². The van der Waals surface area contributed by atoms with E-state index in [1.165, 1.54) is 11.1 Å². The van der Waals surface area contributed by atoms with E-state index in [9.17, 15) is 4.79 Å². The molecular formula is C13H18BrNO. The second-order valence-corrected chi connectivity index (χ2v) is 6.45. The van der Waals surface area contributed by atoms with Gasteiger partial charge >= 0.3 is 0 Å². The predicted molar refractivity (Wildman–Crippen MR) is 70.9 cm³/mol. The van der Waals surface area contributed by atoms with Gasteiger partial charge in [-0.2, -0.15) is 0 Å². The highest BCUT2D eigenvalue weighted by Gasteiger charge is 2.22. The number of nitrogens with one attached hydrogen (secondary N) is 1. The Morgan fingerprint density at radius 2 is 2.12 bits per heavy atom. The molecule has 1 amide bonds. The van der Waals surface area contributed by atoms with Gasteiger partial charge in [0.15, 0.2) is 0 Å². The number of benzene rings is 1. The molecule has 0 radical (unpaired) electrons. The first-order chi connectivity index (χ1) is 7.39. The maximum atomic E-state index is 11.6. The van der Waals surface area contributed by atoms with Gasteiger partial charge in [0, 0.05) is 6.54 Å². The highest BCUT2D eigenvalue weighted by atomic mass is 79.9. The van der Waals surface area contributed by atoms with E-state index in [4.69, 9.17) is 0 Å². The summed E-state index contributed by atoms with van der Waals surface area (Å²) in [6.45, 7) is 6.44. The molecule has 0 aliphatic rings. The van der Waals surface area contributed by atoms with Gasteiger partial charge in [0.2, 0.25) is 5.91 Å². The van der Waals surface area contributed by atoms with Crippen LogP contribution in [0.5, 0.6) is 0 Å². The van der Waals surface area contributed by atoms with Gasteiger partial charge in [-0.15, -0.1) is 0 Å². The molecule has 0 saturated heterocycles. The van der Waals surface area contributed by atoms with Crippen LogP contribution in [0, 0.1) is 6.92 Å². The zero-order chi connectivity index (χ0) is 12.2. The lowest BCUT2D eigenvalue weighted by Crippen LogP contribution is -2.38. The third-order valence-corrected chi connectivity index (χ3v) is 2.68. The van der Waals surface area contributed by atoms with Gasteiger partial charge in [0.25, 0.3) is 0 Å². The van der Waals surface area contributed by atoms with Crippen LogP contribution in [0.25, 0.3) is 0 Å². The Morgan fingerprint density at radius 3 is 2.69 bits per heavy atom. The summed E-state index contributed by atoms with van der Waals surface area (Å²) in [7, 11) is 0. The monoisotopic (exact) mass is 283 g/mol. The number of carbonyl (C=O) groups excluding carboxylic acids is 1. The van der Waals surface area contributed by atoms with Gasteiger partial charge in [-0.1, -0.05) is 45.8 Å². The third-order valence-electron chi connectivity index (χ3n) is 2.32. The maximum Gasteiger partial charge on any atom is 0.236 e. The number of amides is 1. The van der Waals surface area contributed by atoms with Crippen molar-refractivity contribution in [1.82, 2.24) is 5.32 Å². The fraction of sp³-hybridized carbons (Fsp3) is 0.462. The largest absolute Gasteiger partial charge is 0.355 e. The zero-order valence-electron chi connectivity index (χ0n) is 10.0. The molecule has 1 aromatic rings. The van der Waals surface area contributed by atoms with Crippen molar-refractivity contribution in [2.45, 2.75) is 31.5 Å². The maximum absolute atomic E-state index is 11.6. The Labute approximate surface area is 106 Å². The summed E-state index contributed by atoms with van der Waals surface area (Å²) in [5, 5.41) is 2.90. The number of halogens is 1. The Morgan fingerprint density at radius 1 is 1.44 bits per heavy atom. The average molecular weight is 284 g/mol. The Balaban J connectivity index is 2.39. The Kier molecular flexibility index (Phi) is 4.54. The van der Waals surface area contributed by atoms with Crippen molar-refractivity contribution < 1.29 is 4.79 Å². The fourth-order valence-electron chi connectivity index (χ4n) is 1.40. The molecule has 88 valence electrons. The van der Waals surface area contributed by atoms with Crippen LogP contribution in [0.4, 0.5) is 0 Å². The molecule has 16 heavy (non-hydrogen) atoms. The predicted octanol–water partition coefficient (Wildman–Crippen LogP) is 2.83. The molecule has 0 unspecified atom stereocenters. The molecule has 0 aliphatic heterocycles. The number of hydrogen-bond acceptors (Lipinski definition) is 1. The Hall–Kier alpha value is -0.830. The lowest BCUT2D eigenvalue weighted by atomic mass is 10.1. The van der Waals surface area contributed by atoms with Crippen molar-refractivity contribution in [3.63, 3.8) is 0 Å². The SMILES string of the molecule is Cc1cccc(CCNC(=O)C(C)(C)Br)c1. The standard InChI is InChI=1S/C13H18BrNO/c1-10-5-4-6-11(9-10)7-8-15-12(16)13(2,3)14/h4-6,9H,7-8H2,1-3H3,(H,15,16). The molecule has 0 atom stereocenters. The smallest absolute Gasteiger partial charge is 0.236 e. The van der Waals surface area contributed by atoms with Crippen LogP contribution in [-0.4, -0.2) is 16.8 Å². The molecule has 0 saturated carbocycles. The van der Waals surface area contributed by atoms with Gasteiger partial charge in [0.1, 0.15) is 0 Å². The van der Waals surface area contributed by atoms with E-state index < -0.39 is 4.32 Å². The minimum Gasteiger partial charge on any atom is -0.355 e. The number of hydrogen-bond donors (Lipinski definition) is 1. The molecule has 0 bridgehead atoms. The highest BCUT2D eigenvalue weighted by molar-refractivity contribution is 9.10. The van der Waals surface area contributed by atoms with E-state index in [-0.39, 0.29) is 5.91 Å². The van der Waals surface area contributed by atoms with Crippen molar-refractivity contribution in [1.29, 1.82) is 0 Å². The average Bonchev–Trinajstić information content (AvgIpc) is 2.16. The first-order valence-corrected chi connectivity index (χ1v) is 6.21. The van der Waals surface area contributed by atoms with Crippen molar-refractivity contribution in [2.75, 3.05) is 6.54 Å². The van der Waals surface area contributed by atoms with Crippen LogP contribution in [-0.2, 0) is 11.2 Å². The molecule has 2 nitrogen and oxygen atoms in total. The summed E-state index contributed by atoms with van der Waals surface area (Å²) in [5.74, 6) is 0.0279. The molecule has 3 heteroatoms. The minimum atomic E-state index is -0.487. The first kappa shape index (κ1) is 13.2. The van der Waals surface area contributed by atoms with Crippen LogP contribution in [0.1, 0.15) is 25.0 Å². The van der Waals surface area contributed by atoms with Gasteiger partial charge in [-0.3, -0.25) is 4.79 Å². The Bertz CT molecular complexity index is 368. The lowest BCUT2D eigenvalue weighted by Gasteiger charge is -2.15. The lowest BCUT2D eigenvalue weighted by molar-refractivity contribution is -0.122. The van der Waals surface area contributed by atoms with Crippen LogP contribution in [0.3, 0.4) is 0 Å². The molecule has 0 aliphatic carbocycles. The van der Waals surface area contributed by atoms with Crippen LogP contribution >= 0.6 is 15.9 Å². The number of carbonyl (C=O) groups is 1. The minimum absolute atomic E-state index is 0.0279. The van der Waals surface area contributed by atoms with Gasteiger partial charge in [-0.25, -0.2) is 0 Å². The molecule has 1 rings (SSSR count). The van der Waals surface area contributed by atoms with Crippen LogP contribution < -0.4 is 5.32 Å². The molecule has 0 spiro atoms. The third kappa shape index (κ3) is 4.35. The van der Waals surface area contributed by atoms with Gasteiger partial charge in [-0.05, 0) is 32.8 Å². The zero-order valence-corrected chi connectivity index (χ0v) is 11.6. The second-order valence-electron chi connectivity index (χ2n) is 4.47. The summed E-state index contributed by atoms with van der Waals surface area (Å²) in [6, 6.07) is 8.34. The summed E-state index contributed by atoms with van der Waals surface area (Å²) in [6.07, 6.45) is 0.872. The van der Waals surface area contributed by atoms with Crippen LogP contribution in [0.2, 0.25) is 0 Å². The second kappa shape index (κ2) is 5.48. The van der Waals surface area contributed by atoms with E-state index in [1.54, 1.807) is 0 Å². The first-order valence-electron chi connectivity index (χ1n) is 5.42.